The van der Waals surface area contributed by atoms with E-state index in [1.54, 1.807) is 24.3 Å². The molecule has 1 aliphatic heterocycles. The fraction of sp³-hybridized carbons (Fsp3) is 0.353. The Hall–Kier alpha value is -1.12. The number of ether oxygens (including phenoxy) is 1. The van der Waals surface area contributed by atoms with Gasteiger partial charge in [-0.25, -0.2) is 0 Å². The molecule has 0 radical (unpaired) electrons. The molecule has 1 heterocycles. The third-order valence-corrected chi connectivity index (χ3v) is 5.59. The van der Waals surface area contributed by atoms with Gasteiger partial charge in [0, 0.05) is 22.2 Å². The summed E-state index contributed by atoms with van der Waals surface area (Å²) < 4.78 is 5.54. The molecule has 0 aliphatic carbocycles. The summed E-state index contributed by atoms with van der Waals surface area (Å²) in [6.45, 7) is 1.27. The van der Waals surface area contributed by atoms with Crippen LogP contribution >= 0.6 is 47.2 Å². The van der Waals surface area contributed by atoms with Crippen molar-refractivity contribution in [2.75, 3.05) is 33.8 Å². The van der Waals surface area contributed by atoms with E-state index in [0.717, 1.165) is 18.3 Å². The number of thioether (sulfide) groups is 1. The van der Waals surface area contributed by atoms with Crippen LogP contribution in [-0.4, -0.2) is 54.9 Å². The first-order valence-corrected chi connectivity index (χ1v) is 9.91. The number of carbonyl (C=O) groups excluding carboxylic acids is 2. The van der Waals surface area contributed by atoms with Gasteiger partial charge in [-0.05, 0) is 18.2 Å². The number of benzene rings is 1. The molecule has 140 valence electrons. The highest BCUT2D eigenvalue weighted by Gasteiger charge is 2.32. The Kier molecular flexibility index (Phi) is 7.91. The normalized spacial score (nSPS) is 16.0. The van der Waals surface area contributed by atoms with Crippen molar-refractivity contribution < 1.29 is 19.2 Å². The molecule has 1 aliphatic rings. The van der Waals surface area contributed by atoms with Crippen LogP contribution in [0, 0.1) is 0 Å². The van der Waals surface area contributed by atoms with E-state index in [9.17, 15) is 9.59 Å². The van der Waals surface area contributed by atoms with Gasteiger partial charge in [-0.3, -0.25) is 14.5 Å². The Morgan fingerprint density at radius 1 is 1.35 bits per heavy atom. The first-order valence-electron chi connectivity index (χ1n) is 7.93. The number of hydrogen-bond donors (Lipinski definition) is 1. The SMILES string of the molecule is C[NH+](C)CCOC(=O)CCN1C(=O)/C(=C/c2c(Cl)cccc2Cl)SC1=S. The predicted molar refractivity (Wildman–Crippen MR) is 110 cm³/mol. The third kappa shape index (κ3) is 5.69. The van der Waals surface area contributed by atoms with Crippen molar-refractivity contribution in [1.82, 2.24) is 4.90 Å². The summed E-state index contributed by atoms with van der Waals surface area (Å²) in [5.74, 6) is -0.611. The minimum Gasteiger partial charge on any atom is -0.460 e. The third-order valence-electron chi connectivity index (χ3n) is 3.55. The minimum absolute atomic E-state index is 0.0926. The van der Waals surface area contributed by atoms with Crippen LogP contribution in [0.5, 0.6) is 0 Å². The van der Waals surface area contributed by atoms with E-state index in [1.165, 1.54) is 9.80 Å². The average molecular weight is 434 g/mol. The standard InChI is InChI=1S/C17H18Cl2N2O3S2/c1-20(2)8-9-24-15(22)6-7-21-16(23)14(26-17(21)25)10-11-12(18)4-3-5-13(11)19/h3-5,10H,6-9H2,1-2H3/p+1/b14-10-. The monoisotopic (exact) mass is 433 g/mol. The van der Waals surface area contributed by atoms with Gasteiger partial charge in [-0.1, -0.05) is 53.2 Å². The number of likely N-dealkylation sites (N-methyl/N-ethyl adjacent to an activating group) is 1. The molecular formula is C17H19Cl2N2O3S2+. The zero-order valence-electron chi connectivity index (χ0n) is 14.4. The van der Waals surface area contributed by atoms with Gasteiger partial charge in [0.05, 0.1) is 25.4 Å². The number of carbonyl (C=O) groups is 2. The summed E-state index contributed by atoms with van der Waals surface area (Å²) in [4.78, 5) is 27.4. The Morgan fingerprint density at radius 2 is 2.00 bits per heavy atom. The quantitative estimate of drug-likeness (QED) is 0.406. The molecule has 0 atom stereocenters. The van der Waals surface area contributed by atoms with Crippen molar-refractivity contribution in [3.05, 3.63) is 38.7 Å². The molecule has 0 bridgehead atoms. The molecule has 0 unspecified atom stereocenters. The van der Waals surface area contributed by atoms with Crippen LogP contribution in [0.15, 0.2) is 23.1 Å². The Bertz CT molecular complexity index is 733. The van der Waals surface area contributed by atoms with Gasteiger partial charge in [0.1, 0.15) is 17.5 Å². The predicted octanol–water partition coefficient (Wildman–Crippen LogP) is 2.27. The zero-order valence-corrected chi connectivity index (χ0v) is 17.5. The van der Waals surface area contributed by atoms with Gasteiger partial charge in [0.15, 0.2) is 0 Å². The molecule has 2 rings (SSSR count). The van der Waals surface area contributed by atoms with Gasteiger partial charge >= 0.3 is 5.97 Å². The van der Waals surface area contributed by atoms with Gasteiger partial charge in [-0.2, -0.15) is 0 Å². The van der Waals surface area contributed by atoms with E-state index in [2.05, 4.69) is 0 Å². The largest absolute Gasteiger partial charge is 0.460 e. The van der Waals surface area contributed by atoms with Crippen molar-refractivity contribution in [2.45, 2.75) is 6.42 Å². The maximum Gasteiger partial charge on any atom is 0.307 e. The lowest BCUT2D eigenvalue weighted by molar-refractivity contribution is -0.858. The molecule has 1 N–H and O–H groups in total. The number of rotatable bonds is 7. The van der Waals surface area contributed by atoms with E-state index < -0.39 is 0 Å². The van der Waals surface area contributed by atoms with Crippen LogP contribution in [0.4, 0.5) is 0 Å². The number of thiocarbonyl (C=S) groups is 1. The van der Waals surface area contributed by atoms with Crippen LogP contribution in [0.25, 0.3) is 6.08 Å². The highest BCUT2D eigenvalue weighted by Crippen LogP contribution is 2.35. The topological polar surface area (TPSA) is 51.1 Å². The number of nitrogens with one attached hydrogen (secondary N) is 1. The van der Waals surface area contributed by atoms with Crippen LogP contribution in [0.3, 0.4) is 0 Å². The molecule has 9 heteroatoms. The molecule has 1 aromatic carbocycles. The van der Waals surface area contributed by atoms with Crippen LogP contribution < -0.4 is 4.90 Å². The van der Waals surface area contributed by atoms with Crippen molar-refractivity contribution >= 4 is 69.5 Å². The number of esters is 1. The lowest BCUT2D eigenvalue weighted by Crippen LogP contribution is -3.06. The van der Waals surface area contributed by atoms with Crippen molar-refractivity contribution in [3.63, 3.8) is 0 Å². The fourth-order valence-corrected chi connectivity index (χ4v) is 3.91. The smallest absolute Gasteiger partial charge is 0.307 e. The van der Waals surface area contributed by atoms with Gasteiger partial charge in [0.25, 0.3) is 5.91 Å². The second-order valence-electron chi connectivity index (χ2n) is 5.90. The van der Waals surface area contributed by atoms with Crippen molar-refractivity contribution in [2.24, 2.45) is 0 Å². The number of nitrogens with zero attached hydrogens (tertiary/aromatic N) is 1. The highest BCUT2D eigenvalue weighted by atomic mass is 35.5. The second kappa shape index (κ2) is 9.71. The van der Waals surface area contributed by atoms with E-state index >= 15 is 0 Å². The molecule has 0 saturated carbocycles. The summed E-state index contributed by atoms with van der Waals surface area (Å²) in [6, 6.07) is 5.13. The highest BCUT2D eigenvalue weighted by molar-refractivity contribution is 8.26. The molecule has 0 spiro atoms. The lowest BCUT2D eigenvalue weighted by Gasteiger charge is -2.14. The molecule has 1 saturated heterocycles. The maximum atomic E-state index is 12.6. The summed E-state index contributed by atoms with van der Waals surface area (Å²) in [7, 11) is 3.96. The summed E-state index contributed by atoms with van der Waals surface area (Å²) in [5, 5.41) is 0.906. The number of amides is 1. The number of quaternary nitrogens is 1. The molecule has 1 fully saturated rings. The molecule has 0 aromatic heterocycles. The number of hydrogen-bond acceptors (Lipinski definition) is 5. The summed E-state index contributed by atoms with van der Waals surface area (Å²) in [6.07, 6.45) is 1.72. The minimum atomic E-state index is -0.349. The van der Waals surface area contributed by atoms with Crippen LogP contribution in [-0.2, 0) is 14.3 Å². The van der Waals surface area contributed by atoms with E-state index in [-0.39, 0.29) is 24.8 Å². The lowest BCUT2D eigenvalue weighted by atomic mass is 10.2. The molecule has 26 heavy (non-hydrogen) atoms. The van der Waals surface area contributed by atoms with Crippen LogP contribution in [0.1, 0.15) is 12.0 Å². The Labute approximate surface area is 172 Å². The summed E-state index contributed by atoms with van der Waals surface area (Å²) in [5.41, 5.74) is 0.571. The van der Waals surface area contributed by atoms with Gasteiger partial charge in [-0.15, -0.1) is 0 Å². The van der Waals surface area contributed by atoms with E-state index in [0.29, 0.717) is 31.4 Å². The number of halogens is 2. The van der Waals surface area contributed by atoms with Gasteiger partial charge in [0.2, 0.25) is 0 Å². The summed E-state index contributed by atoms with van der Waals surface area (Å²) >= 11 is 18.7. The zero-order chi connectivity index (χ0) is 19.3. The fourth-order valence-electron chi connectivity index (χ4n) is 2.12. The second-order valence-corrected chi connectivity index (χ2v) is 8.39. The van der Waals surface area contributed by atoms with Crippen molar-refractivity contribution in [1.29, 1.82) is 0 Å². The van der Waals surface area contributed by atoms with E-state index in [4.69, 9.17) is 40.2 Å². The molecular weight excluding hydrogens is 415 g/mol. The van der Waals surface area contributed by atoms with Crippen LogP contribution in [0.2, 0.25) is 10.0 Å². The van der Waals surface area contributed by atoms with Crippen molar-refractivity contribution in [3.8, 4) is 0 Å². The average Bonchev–Trinajstić information content (AvgIpc) is 2.82. The maximum absolute atomic E-state index is 12.6. The first kappa shape index (κ1) is 21.2. The molecule has 1 aromatic rings. The Morgan fingerprint density at radius 3 is 2.62 bits per heavy atom. The molecule has 1 amide bonds. The van der Waals surface area contributed by atoms with E-state index in [1.807, 2.05) is 14.1 Å². The first-order chi connectivity index (χ1) is 12.3. The van der Waals surface area contributed by atoms with Gasteiger partial charge < -0.3 is 9.64 Å². The Balaban J connectivity index is 1.98. The molecule has 5 nitrogen and oxygen atoms in total.